The van der Waals surface area contributed by atoms with E-state index in [1.807, 2.05) is 0 Å². The van der Waals surface area contributed by atoms with Crippen molar-refractivity contribution in [3.63, 3.8) is 0 Å². The van der Waals surface area contributed by atoms with Crippen LogP contribution in [-0.2, 0) is 5.41 Å². The van der Waals surface area contributed by atoms with Crippen molar-refractivity contribution < 1.29 is 0 Å². The summed E-state index contributed by atoms with van der Waals surface area (Å²) >= 11 is 0. The summed E-state index contributed by atoms with van der Waals surface area (Å²) in [6.45, 7) is 10.5. The van der Waals surface area contributed by atoms with Gasteiger partial charge >= 0.3 is 0 Å². The molecule has 0 bridgehead atoms. The maximum Gasteiger partial charge on any atom is 0.0212 e. The minimum absolute atomic E-state index is 0.281. The molecule has 1 heteroatoms. The van der Waals surface area contributed by atoms with Gasteiger partial charge in [-0.25, -0.2) is 0 Å². The molecule has 0 saturated heterocycles. The van der Waals surface area contributed by atoms with Crippen LogP contribution in [0.5, 0.6) is 0 Å². The second-order valence-corrected chi connectivity index (χ2v) is 7.44. The van der Waals surface area contributed by atoms with E-state index in [-0.39, 0.29) is 5.41 Å². The second-order valence-electron chi connectivity index (χ2n) is 7.44. The first-order valence-corrected chi connectivity index (χ1v) is 8.29. The molecular weight excluding hydrogens is 242 g/mol. The number of rotatable bonds is 4. The Balaban J connectivity index is 2.45. The normalized spacial score (nSPS) is 20.6. The molecule has 112 valence electrons. The van der Waals surface area contributed by atoms with Crippen LogP contribution in [0.3, 0.4) is 0 Å². The zero-order valence-electron chi connectivity index (χ0n) is 13.7. The lowest BCUT2D eigenvalue weighted by atomic mass is 9.59. The van der Waals surface area contributed by atoms with Crippen LogP contribution < -0.4 is 5.32 Å². The van der Waals surface area contributed by atoms with Crippen LogP contribution in [0.25, 0.3) is 0 Å². The molecule has 20 heavy (non-hydrogen) atoms. The average Bonchev–Trinajstić information content (AvgIpc) is 2.45. The Morgan fingerprint density at radius 1 is 1.05 bits per heavy atom. The molecule has 1 aromatic carbocycles. The van der Waals surface area contributed by atoms with E-state index in [1.165, 1.54) is 32.1 Å². The van der Waals surface area contributed by atoms with Gasteiger partial charge in [0.1, 0.15) is 0 Å². The van der Waals surface area contributed by atoms with Crippen LogP contribution in [0.1, 0.15) is 65.4 Å². The van der Waals surface area contributed by atoms with E-state index in [4.69, 9.17) is 0 Å². The molecule has 1 N–H and O–H groups in total. The standard InChI is InChI=1S/C19H31N/c1-5-20-17(18(2,3)4)19(14-10-7-11-15-19)16-12-8-6-9-13-16/h6,8-9,12-13,17,20H,5,7,10-11,14-15H2,1-4H3. The van der Waals surface area contributed by atoms with Crippen molar-refractivity contribution in [2.24, 2.45) is 5.41 Å². The summed E-state index contributed by atoms with van der Waals surface area (Å²) in [6.07, 6.45) is 6.79. The van der Waals surface area contributed by atoms with Crippen LogP contribution in [0.15, 0.2) is 30.3 Å². The van der Waals surface area contributed by atoms with Crippen LogP contribution in [0, 0.1) is 5.41 Å². The van der Waals surface area contributed by atoms with Gasteiger partial charge in [0.25, 0.3) is 0 Å². The average molecular weight is 273 g/mol. The summed E-state index contributed by atoms with van der Waals surface area (Å²) < 4.78 is 0. The van der Waals surface area contributed by atoms with Crippen molar-refractivity contribution in [2.45, 2.75) is 71.3 Å². The lowest BCUT2D eigenvalue weighted by molar-refractivity contribution is 0.122. The van der Waals surface area contributed by atoms with Gasteiger partial charge in [0.15, 0.2) is 0 Å². The Kier molecular flexibility index (Phi) is 4.90. The van der Waals surface area contributed by atoms with E-state index < -0.39 is 0 Å². The third-order valence-corrected chi connectivity index (χ3v) is 4.92. The third-order valence-electron chi connectivity index (χ3n) is 4.92. The smallest absolute Gasteiger partial charge is 0.0212 e. The summed E-state index contributed by atoms with van der Waals surface area (Å²) in [5.41, 5.74) is 2.14. The molecule has 1 saturated carbocycles. The van der Waals surface area contributed by atoms with Gasteiger partial charge in [-0.05, 0) is 30.4 Å². The zero-order valence-corrected chi connectivity index (χ0v) is 13.7. The van der Waals surface area contributed by atoms with Crippen molar-refractivity contribution in [3.05, 3.63) is 35.9 Å². The monoisotopic (exact) mass is 273 g/mol. The van der Waals surface area contributed by atoms with Crippen molar-refractivity contribution in [2.75, 3.05) is 6.54 Å². The molecule has 1 unspecified atom stereocenters. The fraction of sp³-hybridized carbons (Fsp3) is 0.684. The predicted molar refractivity (Wildman–Crippen MR) is 88.1 cm³/mol. The van der Waals surface area contributed by atoms with Gasteiger partial charge in [-0.15, -0.1) is 0 Å². The number of benzene rings is 1. The van der Waals surface area contributed by atoms with E-state index in [2.05, 4.69) is 63.3 Å². The molecule has 1 aliphatic carbocycles. The highest BCUT2D eigenvalue weighted by atomic mass is 14.9. The number of likely N-dealkylation sites (N-methyl/N-ethyl adjacent to an activating group) is 1. The molecule has 0 aromatic heterocycles. The number of hydrogen-bond acceptors (Lipinski definition) is 1. The molecule has 1 nitrogen and oxygen atoms in total. The summed E-state index contributed by atoms with van der Waals surface area (Å²) in [4.78, 5) is 0. The fourth-order valence-electron chi connectivity index (χ4n) is 4.23. The van der Waals surface area contributed by atoms with Gasteiger partial charge < -0.3 is 5.32 Å². The topological polar surface area (TPSA) is 12.0 Å². The van der Waals surface area contributed by atoms with Gasteiger partial charge in [0.05, 0.1) is 0 Å². The molecular formula is C19H31N. The minimum atomic E-state index is 0.281. The summed E-state index contributed by atoms with van der Waals surface area (Å²) in [5, 5.41) is 3.83. The predicted octanol–water partition coefficient (Wildman–Crippen LogP) is 4.91. The Hall–Kier alpha value is -0.820. The zero-order chi connectivity index (χ0) is 14.6. The highest BCUT2D eigenvalue weighted by Crippen LogP contribution is 2.47. The Labute approximate surface area is 125 Å². The molecule has 1 atom stereocenters. The Morgan fingerprint density at radius 2 is 1.65 bits per heavy atom. The minimum Gasteiger partial charge on any atom is -0.313 e. The van der Waals surface area contributed by atoms with Gasteiger partial charge in [-0.3, -0.25) is 0 Å². The van der Waals surface area contributed by atoms with E-state index in [0.717, 1.165) is 6.54 Å². The molecule has 1 aliphatic rings. The highest BCUT2D eigenvalue weighted by molar-refractivity contribution is 5.29. The molecule has 2 rings (SSSR count). The lowest BCUT2D eigenvalue weighted by Gasteiger charge is -2.50. The second kappa shape index (κ2) is 6.30. The lowest BCUT2D eigenvalue weighted by Crippen LogP contribution is -2.56. The van der Waals surface area contributed by atoms with Crippen molar-refractivity contribution in [1.82, 2.24) is 5.32 Å². The van der Waals surface area contributed by atoms with Crippen molar-refractivity contribution in [3.8, 4) is 0 Å². The summed E-state index contributed by atoms with van der Waals surface area (Å²) in [6, 6.07) is 11.8. The third kappa shape index (κ3) is 3.09. The molecule has 0 spiro atoms. The van der Waals surface area contributed by atoms with Crippen molar-refractivity contribution in [1.29, 1.82) is 0 Å². The van der Waals surface area contributed by atoms with Crippen LogP contribution in [0.2, 0.25) is 0 Å². The Bertz CT molecular complexity index is 396. The van der Waals surface area contributed by atoms with Gasteiger partial charge in [-0.2, -0.15) is 0 Å². The first kappa shape index (κ1) is 15.6. The van der Waals surface area contributed by atoms with Gasteiger partial charge in [0, 0.05) is 11.5 Å². The van der Waals surface area contributed by atoms with E-state index in [1.54, 1.807) is 5.56 Å². The van der Waals surface area contributed by atoms with Gasteiger partial charge in [-0.1, -0.05) is 77.3 Å². The van der Waals surface area contributed by atoms with Crippen molar-refractivity contribution >= 4 is 0 Å². The largest absolute Gasteiger partial charge is 0.313 e. The van der Waals surface area contributed by atoms with Crippen LogP contribution in [-0.4, -0.2) is 12.6 Å². The van der Waals surface area contributed by atoms with E-state index in [9.17, 15) is 0 Å². The SMILES string of the molecule is CCNC(C(C)(C)C)C1(c2ccccc2)CCCCC1. The van der Waals surface area contributed by atoms with E-state index in [0.29, 0.717) is 11.5 Å². The Morgan fingerprint density at radius 3 is 2.15 bits per heavy atom. The van der Waals surface area contributed by atoms with E-state index >= 15 is 0 Å². The maximum absolute atomic E-state index is 3.83. The highest BCUT2D eigenvalue weighted by Gasteiger charge is 2.45. The summed E-state index contributed by atoms with van der Waals surface area (Å²) in [7, 11) is 0. The quantitative estimate of drug-likeness (QED) is 0.821. The molecule has 0 heterocycles. The molecule has 0 radical (unpaired) electrons. The molecule has 0 amide bonds. The molecule has 1 aromatic rings. The number of hydrogen-bond donors (Lipinski definition) is 1. The van der Waals surface area contributed by atoms with Gasteiger partial charge in [0.2, 0.25) is 0 Å². The first-order chi connectivity index (χ1) is 9.50. The maximum atomic E-state index is 3.83. The summed E-state index contributed by atoms with van der Waals surface area (Å²) in [5.74, 6) is 0. The fourth-order valence-corrected chi connectivity index (χ4v) is 4.23. The first-order valence-electron chi connectivity index (χ1n) is 8.29. The molecule has 0 aliphatic heterocycles. The van der Waals surface area contributed by atoms with Crippen LogP contribution in [0.4, 0.5) is 0 Å². The molecule has 1 fully saturated rings. The van der Waals surface area contributed by atoms with Crippen LogP contribution >= 0.6 is 0 Å². The number of nitrogens with one attached hydrogen (secondary N) is 1.